The molecule has 1 atom stereocenters. The number of aromatic nitrogens is 1. The smallest absolute Gasteiger partial charge is 0.246 e. The van der Waals surface area contributed by atoms with Gasteiger partial charge in [-0.15, -0.1) is 0 Å². The summed E-state index contributed by atoms with van der Waals surface area (Å²) in [6.07, 6.45) is 5.07. The summed E-state index contributed by atoms with van der Waals surface area (Å²) < 4.78 is 16.0. The van der Waals surface area contributed by atoms with Gasteiger partial charge in [0, 0.05) is 18.9 Å². The van der Waals surface area contributed by atoms with Gasteiger partial charge in [-0.25, -0.2) is 0 Å². The van der Waals surface area contributed by atoms with E-state index in [-0.39, 0.29) is 18.6 Å². The molecule has 6 nitrogen and oxygen atoms in total. The number of carbonyl (C=O) groups is 1. The van der Waals surface area contributed by atoms with Crippen molar-refractivity contribution in [2.75, 3.05) is 26.9 Å². The summed E-state index contributed by atoms with van der Waals surface area (Å²) in [6, 6.07) is 3.55. The van der Waals surface area contributed by atoms with Gasteiger partial charge in [0.2, 0.25) is 5.91 Å². The van der Waals surface area contributed by atoms with E-state index in [1.807, 2.05) is 0 Å². The molecule has 2 heterocycles. The number of pyridine rings is 1. The van der Waals surface area contributed by atoms with Crippen LogP contribution in [0.2, 0.25) is 0 Å². The van der Waals surface area contributed by atoms with E-state index >= 15 is 0 Å². The molecule has 0 saturated carbocycles. The topological polar surface area (TPSA) is 69.7 Å². The van der Waals surface area contributed by atoms with Crippen LogP contribution in [0.4, 0.5) is 0 Å². The third kappa shape index (κ3) is 5.69. The molecule has 0 radical (unpaired) electrons. The van der Waals surface area contributed by atoms with Crippen molar-refractivity contribution in [1.82, 2.24) is 10.3 Å². The Kier molecular flexibility index (Phi) is 6.43. The van der Waals surface area contributed by atoms with E-state index in [2.05, 4.69) is 10.3 Å². The fourth-order valence-electron chi connectivity index (χ4n) is 2.14. The van der Waals surface area contributed by atoms with Crippen LogP contribution in [-0.4, -0.2) is 43.9 Å². The predicted molar refractivity (Wildman–Crippen MR) is 77.0 cm³/mol. The highest BCUT2D eigenvalue weighted by Gasteiger charge is 2.14. The zero-order valence-electron chi connectivity index (χ0n) is 12.3. The summed E-state index contributed by atoms with van der Waals surface area (Å²) in [4.78, 5) is 15.8. The second kappa shape index (κ2) is 8.59. The molecule has 0 aliphatic carbocycles. The van der Waals surface area contributed by atoms with Crippen LogP contribution >= 0.6 is 0 Å². The normalized spacial score (nSPS) is 18.2. The first-order chi connectivity index (χ1) is 10.3. The minimum absolute atomic E-state index is 0.0455. The van der Waals surface area contributed by atoms with Gasteiger partial charge in [0.15, 0.2) is 0 Å². The van der Waals surface area contributed by atoms with E-state index in [0.29, 0.717) is 13.2 Å². The van der Waals surface area contributed by atoms with Crippen molar-refractivity contribution in [2.45, 2.75) is 31.9 Å². The number of nitrogens with zero attached hydrogens (tertiary/aromatic N) is 1. The van der Waals surface area contributed by atoms with Gasteiger partial charge < -0.3 is 19.5 Å². The number of methoxy groups -OCH3 is 1. The molecule has 1 aliphatic rings. The molecule has 6 heteroatoms. The minimum Gasteiger partial charge on any atom is -0.497 e. The molecule has 21 heavy (non-hydrogen) atoms. The number of nitrogens with one attached hydrogen (secondary N) is 1. The van der Waals surface area contributed by atoms with Crippen LogP contribution in [0.25, 0.3) is 0 Å². The third-order valence-corrected chi connectivity index (χ3v) is 3.30. The van der Waals surface area contributed by atoms with Gasteiger partial charge in [-0.2, -0.15) is 0 Å². The highest BCUT2D eigenvalue weighted by atomic mass is 16.5. The molecule has 0 aromatic carbocycles. The van der Waals surface area contributed by atoms with Crippen molar-refractivity contribution in [3.8, 4) is 5.75 Å². The molecule has 116 valence electrons. The summed E-state index contributed by atoms with van der Waals surface area (Å²) in [6.45, 7) is 1.68. The molecule has 0 bridgehead atoms. The Morgan fingerprint density at radius 3 is 3.19 bits per heavy atom. The Balaban J connectivity index is 1.62. The number of hydrogen-bond acceptors (Lipinski definition) is 5. The van der Waals surface area contributed by atoms with Crippen LogP contribution in [0.1, 0.15) is 25.0 Å². The Morgan fingerprint density at radius 2 is 2.43 bits per heavy atom. The molecule has 1 amide bonds. The van der Waals surface area contributed by atoms with Gasteiger partial charge >= 0.3 is 0 Å². The van der Waals surface area contributed by atoms with Gasteiger partial charge in [0.1, 0.15) is 12.4 Å². The van der Waals surface area contributed by atoms with Crippen molar-refractivity contribution in [3.63, 3.8) is 0 Å². The quantitative estimate of drug-likeness (QED) is 0.820. The summed E-state index contributed by atoms with van der Waals surface area (Å²) in [5.74, 6) is 0.565. The van der Waals surface area contributed by atoms with Crippen LogP contribution in [0.15, 0.2) is 18.3 Å². The number of carbonyl (C=O) groups excluding carboxylic acids is 1. The molecular weight excluding hydrogens is 272 g/mol. The average molecular weight is 294 g/mol. The maximum absolute atomic E-state index is 11.7. The van der Waals surface area contributed by atoms with E-state index in [4.69, 9.17) is 14.2 Å². The van der Waals surface area contributed by atoms with Gasteiger partial charge in [-0.05, 0) is 25.3 Å². The lowest BCUT2D eigenvalue weighted by atomic mass is 10.1. The first-order valence-corrected chi connectivity index (χ1v) is 7.23. The number of rotatable bonds is 7. The molecule has 1 aromatic heterocycles. The van der Waals surface area contributed by atoms with E-state index < -0.39 is 0 Å². The van der Waals surface area contributed by atoms with Crippen LogP contribution in [0.5, 0.6) is 5.75 Å². The van der Waals surface area contributed by atoms with Crippen molar-refractivity contribution in [2.24, 2.45) is 0 Å². The first kappa shape index (κ1) is 15.7. The SMILES string of the molecule is COc1ccnc(CNC(=O)COC[C@H]2CCCCO2)c1. The lowest BCUT2D eigenvalue weighted by Crippen LogP contribution is -2.30. The largest absolute Gasteiger partial charge is 0.497 e. The number of hydrogen-bond donors (Lipinski definition) is 1. The molecule has 0 spiro atoms. The van der Waals surface area contributed by atoms with Crippen LogP contribution in [0, 0.1) is 0 Å². The Labute approximate surface area is 124 Å². The molecule has 1 aromatic rings. The van der Waals surface area contributed by atoms with E-state index in [0.717, 1.165) is 30.9 Å². The molecular formula is C15H22N2O4. The van der Waals surface area contributed by atoms with Gasteiger partial charge in [-0.1, -0.05) is 0 Å². The lowest BCUT2D eigenvalue weighted by Gasteiger charge is -2.22. The van der Waals surface area contributed by atoms with Crippen molar-refractivity contribution in [1.29, 1.82) is 0 Å². The fraction of sp³-hybridized carbons (Fsp3) is 0.600. The first-order valence-electron chi connectivity index (χ1n) is 7.23. The van der Waals surface area contributed by atoms with Crippen molar-refractivity contribution in [3.05, 3.63) is 24.0 Å². The molecule has 1 saturated heterocycles. The van der Waals surface area contributed by atoms with Crippen LogP contribution < -0.4 is 10.1 Å². The summed E-state index contributed by atoms with van der Waals surface area (Å²) in [7, 11) is 1.60. The van der Waals surface area contributed by atoms with Crippen molar-refractivity contribution >= 4 is 5.91 Å². The Hall–Kier alpha value is -1.66. The third-order valence-electron chi connectivity index (χ3n) is 3.30. The zero-order valence-corrected chi connectivity index (χ0v) is 12.3. The molecule has 2 rings (SSSR count). The predicted octanol–water partition coefficient (Wildman–Crippen LogP) is 1.29. The molecule has 1 fully saturated rings. The molecule has 0 unspecified atom stereocenters. The molecule has 1 aliphatic heterocycles. The number of amides is 1. The summed E-state index contributed by atoms with van der Waals surface area (Å²) >= 11 is 0. The maximum atomic E-state index is 11.7. The van der Waals surface area contributed by atoms with Gasteiger partial charge in [0.05, 0.1) is 32.1 Å². The Bertz CT molecular complexity index is 447. The monoisotopic (exact) mass is 294 g/mol. The fourth-order valence-corrected chi connectivity index (χ4v) is 2.14. The van der Waals surface area contributed by atoms with E-state index in [9.17, 15) is 4.79 Å². The lowest BCUT2D eigenvalue weighted by molar-refractivity contribution is -0.128. The van der Waals surface area contributed by atoms with Crippen molar-refractivity contribution < 1.29 is 19.0 Å². The second-order valence-electron chi connectivity index (χ2n) is 4.97. The van der Waals surface area contributed by atoms with Crippen LogP contribution in [0.3, 0.4) is 0 Å². The minimum atomic E-state index is -0.157. The number of ether oxygens (including phenoxy) is 3. The van der Waals surface area contributed by atoms with Crippen LogP contribution in [-0.2, 0) is 20.8 Å². The summed E-state index contributed by atoms with van der Waals surface area (Å²) in [5.41, 5.74) is 0.748. The standard InChI is InChI=1S/C15H22N2O4/c1-19-13-5-6-16-12(8-13)9-17-15(18)11-20-10-14-4-2-3-7-21-14/h5-6,8,14H,2-4,7,9-11H2,1H3,(H,17,18)/t14-/m1/s1. The van der Waals surface area contributed by atoms with E-state index in [1.165, 1.54) is 6.42 Å². The summed E-state index contributed by atoms with van der Waals surface area (Å²) in [5, 5.41) is 2.77. The second-order valence-corrected chi connectivity index (χ2v) is 4.97. The zero-order chi connectivity index (χ0) is 14.9. The highest BCUT2D eigenvalue weighted by molar-refractivity contribution is 5.77. The maximum Gasteiger partial charge on any atom is 0.246 e. The molecule has 1 N–H and O–H groups in total. The average Bonchev–Trinajstić information content (AvgIpc) is 2.54. The Morgan fingerprint density at radius 1 is 1.52 bits per heavy atom. The van der Waals surface area contributed by atoms with E-state index in [1.54, 1.807) is 25.4 Å². The van der Waals surface area contributed by atoms with Gasteiger partial charge in [-0.3, -0.25) is 9.78 Å². The van der Waals surface area contributed by atoms with Gasteiger partial charge in [0.25, 0.3) is 0 Å². The highest BCUT2D eigenvalue weighted by Crippen LogP contribution is 2.12.